The largest absolute Gasteiger partial charge is 0.322 e. The van der Waals surface area contributed by atoms with Gasteiger partial charge in [0.05, 0.1) is 11.9 Å². The maximum Gasteiger partial charge on any atom is 0.266 e. The quantitative estimate of drug-likeness (QED) is 0.577. The molecule has 5 heteroatoms. The van der Waals surface area contributed by atoms with Gasteiger partial charge in [0.1, 0.15) is 0 Å². The molecule has 1 aromatic heterocycles. The molecule has 0 radical (unpaired) electrons. The summed E-state index contributed by atoms with van der Waals surface area (Å²) in [6, 6.07) is 15.7. The maximum absolute atomic E-state index is 12.4. The highest BCUT2D eigenvalue weighted by atomic mass is 32.2. The summed E-state index contributed by atoms with van der Waals surface area (Å²) < 4.78 is 3.84. The summed E-state index contributed by atoms with van der Waals surface area (Å²) in [5.41, 5.74) is 2.87. The lowest BCUT2D eigenvalue weighted by Crippen LogP contribution is -2.39. The van der Waals surface area contributed by atoms with Crippen LogP contribution in [-0.4, -0.2) is 16.7 Å². The molecule has 0 spiro atoms. The van der Waals surface area contributed by atoms with E-state index >= 15 is 0 Å². The summed E-state index contributed by atoms with van der Waals surface area (Å²) in [6.45, 7) is 4.06. The van der Waals surface area contributed by atoms with Crippen LogP contribution in [0.3, 0.4) is 0 Å². The number of para-hydroxylation sites is 3. The minimum atomic E-state index is -0.0523. The normalized spacial score (nSPS) is 10.7. The number of thioether (sulfide) groups is 1. The van der Waals surface area contributed by atoms with Gasteiger partial charge >= 0.3 is 0 Å². The Bertz CT molecular complexity index is 870. The summed E-state index contributed by atoms with van der Waals surface area (Å²) in [5.74, 6) is -0.0523. The van der Waals surface area contributed by atoms with Crippen LogP contribution >= 0.6 is 11.8 Å². The highest BCUT2D eigenvalue weighted by molar-refractivity contribution is 7.98. The van der Waals surface area contributed by atoms with Gasteiger partial charge in [-0.2, -0.15) is 0 Å². The summed E-state index contributed by atoms with van der Waals surface area (Å²) in [6.07, 6.45) is 5.62. The number of nitrogens with one attached hydrogen (secondary N) is 1. The second-order valence-corrected chi connectivity index (χ2v) is 5.92. The lowest BCUT2D eigenvalue weighted by molar-refractivity contribution is -0.658. The highest BCUT2D eigenvalue weighted by Crippen LogP contribution is 2.24. The Labute approximate surface area is 139 Å². The molecule has 1 N–H and O–H groups in total. The second-order valence-electron chi connectivity index (χ2n) is 5.07. The smallest absolute Gasteiger partial charge is 0.266 e. The lowest BCUT2D eigenvalue weighted by Gasteiger charge is -2.08. The molecular formula is C18H18N3OS+. The van der Waals surface area contributed by atoms with E-state index in [4.69, 9.17) is 0 Å². The topological polar surface area (TPSA) is 37.9 Å². The molecule has 3 rings (SSSR count). The predicted octanol–water partition coefficient (Wildman–Crippen LogP) is 3.39. The van der Waals surface area contributed by atoms with E-state index in [1.54, 1.807) is 18.0 Å². The van der Waals surface area contributed by atoms with E-state index in [1.807, 2.05) is 70.2 Å². The first-order valence-corrected chi connectivity index (χ1v) is 8.50. The van der Waals surface area contributed by atoms with Gasteiger partial charge in [-0.15, -0.1) is 11.8 Å². The number of nitrogens with zero attached hydrogens (tertiary/aromatic N) is 2. The number of aromatic nitrogens is 2. The van der Waals surface area contributed by atoms with Crippen molar-refractivity contribution in [3.63, 3.8) is 0 Å². The van der Waals surface area contributed by atoms with Crippen molar-refractivity contribution in [2.45, 2.75) is 11.4 Å². The van der Waals surface area contributed by atoms with Crippen LogP contribution in [0.25, 0.3) is 17.2 Å². The molecule has 0 aliphatic heterocycles. The van der Waals surface area contributed by atoms with E-state index in [1.165, 1.54) is 0 Å². The summed E-state index contributed by atoms with van der Waals surface area (Å²) in [4.78, 5) is 13.5. The number of amides is 1. The average molecular weight is 324 g/mol. The Morgan fingerprint density at radius 2 is 2.00 bits per heavy atom. The molecule has 2 aromatic carbocycles. The molecular weight excluding hydrogens is 306 g/mol. The third-order valence-electron chi connectivity index (χ3n) is 3.62. The molecule has 0 unspecified atom stereocenters. The van der Waals surface area contributed by atoms with Crippen molar-refractivity contribution in [3.05, 3.63) is 61.4 Å². The first kappa shape index (κ1) is 15.4. The van der Waals surface area contributed by atoms with Crippen LogP contribution in [0.5, 0.6) is 0 Å². The average Bonchev–Trinajstić information content (AvgIpc) is 2.93. The number of carbonyl (C=O) groups is 1. The van der Waals surface area contributed by atoms with Crippen LogP contribution in [-0.2, 0) is 11.3 Å². The van der Waals surface area contributed by atoms with Gasteiger partial charge in [-0.05, 0) is 30.5 Å². The van der Waals surface area contributed by atoms with Crippen molar-refractivity contribution in [1.29, 1.82) is 0 Å². The number of anilines is 1. The van der Waals surface area contributed by atoms with Crippen molar-refractivity contribution in [1.82, 2.24) is 4.57 Å². The van der Waals surface area contributed by atoms with Gasteiger partial charge in [-0.25, -0.2) is 9.13 Å². The van der Waals surface area contributed by atoms with E-state index in [-0.39, 0.29) is 12.5 Å². The number of rotatable bonds is 5. The molecule has 1 heterocycles. The van der Waals surface area contributed by atoms with Crippen LogP contribution in [0.15, 0.2) is 66.3 Å². The SMILES string of the molecule is C=Cn1c[n+](CC(=O)Nc2ccccc2SC)c2ccccc21. The first-order chi connectivity index (χ1) is 11.2. The fraction of sp³-hybridized carbons (Fsp3) is 0.111. The molecule has 0 saturated heterocycles. The summed E-state index contributed by atoms with van der Waals surface area (Å²) >= 11 is 1.62. The number of carbonyl (C=O) groups excluding carboxylic acids is 1. The minimum Gasteiger partial charge on any atom is -0.322 e. The van der Waals surface area contributed by atoms with Gasteiger partial charge in [-0.3, -0.25) is 4.79 Å². The van der Waals surface area contributed by atoms with Crippen molar-refractivity contribution in [2.75, 3.05) is 11.6 Å². The fourth-order valence-corrected chi connectivity index (χ4v) is 3.12. The molecule has 23 heavy (non-hydrogen) atoms. The van der Waals surface area contributed by atoms with Crippen LogP contribution in [0.2, 0.25) is 0 Å². The molecule has 116 valence electrons. The van der Waals surface area contributed by atoms with E-state index in [2.05, 4.69) is 11.9 Å². The summed E-state index contributed by atoms with van der Waals surface area (Å²) in [7, 11) is 0. The Balaban J connectivity index is 1.85. The zero-order valence-electron chi connectivity index (χ0n) is 12.9. The molecule has 0 fully saturated rings. The number of benzene rings is 2. The van der Waals surface area contributed by atoms with Crippen molar-refractivity contribution in [2.24, 2.45) is 0 Å². The molecule has 0 aliphatic rings. The summed E-state index contributed by atoms with van der Waals surface area (Å²) in [5, 5.41) is 2.99. The van der Waals surface area contributed by atoms with Crippen molar-refractivity contribution < 1.29 is 9.36 Å². The zero-order chi connectivity index (χ0) is 16.2. The first-order valence-electron chi connectivity index (χ1n) is 7.27. The maximum atomic E-state index is 12.4. The zero-order valence-corrected chi connectivity index (χ0v) is 13.7. The van der Waals surface area contributed by atoms with Crippen molar-refractivity contribution in [3.8, 4) is 0 Å². The molecule has 3 aromatic rings. The Morgan fingerprint density at radius 1 is 1.26 bits per heavy atom. The lowest BCUT2D eigenvalue weighted by atomic mass is 10.3. The van der Waals surface area contributed by atoms with E-state index in [9.17, 15) is 4.79 Å². The molecule has 0 bridgehead atoms. The van der Waals surface area contributed by atoms with E-state index < -0.39 is 0 Å². The third-order valence-corrected chi connectivity index (χ3v) is 4.42. The van der Waals surface area contributed by atoms with Gasteiger partial charge in [0.25, 0.3) is 5.91 Å². The number of imidazole rings is 1. The van der Waals surface area contributed by atoms with Gasteiger partial charge in [-0.1, -0.05) is 30.8 Å². The Kier molecular flexibility index (Phi) is 4.48. The predicted molar refractivity (Wildman–Crippen MR) is 95.4 cm³/mol. The third kappa shape index (κ3) is 3.14. The Hall–Kier alpha value is -2.53. The molecule has 0 atom stereocenters. The monoisotopic (exact) mass is 324 g/mol. The van der Waals surface area contributed by atoms with Gasteiger partial charge in [0, 0.05) is 4.90 Å². The van der Waals surface area contributed by atoms with Crippen LogP contribution in [0, 0.1) is 0 Å². The molecule has 4 nitrogen and oxygen atoms in total. The van der Waals surface area contributed by atoms with Gasteiger partial charge < -0.3 is 5.32 Å². The number of hydrogen-bond acceptors (Lipinski definition) is 2. The molecule has 1 amide bonds. The molecule has 0 aliphatic carbocycles. The van der Waals surface area contributed by atoms with E-state index in [0.29, 0.717) is 0 Å². The Morgan fingerprint density at radius 3 is 2.78 bits per heavy atom. The molecule has 0 saturated carbocycles. The second kappa shape index (κ2) is 6.71. The highest BCUT2D eigenvalue weighted by Gasteiger charge is 2.16. The van der Waals surface area contributed by atoms with Crippen LogP contribution in [0.4, 0.5) is 5.69 Å². The van der Waals surface area contributed by atoms with Gasteiger partial charge in [0.15, 0.2) is 17.6 Å². The van der Waals surface area contributed by atoms with Gasteiger partial charge in [0.2, 0.25) is 6.33 Å². The number of hydrogen-bond donors (Lipinski definition) is 1. The van der Waals surface area contributed by atoms with E-state index in [0.717, 1.165) is 21.6 Å². The number of fused-ring (bicyclic) bond motifs is 1. The van der Waals surface area contributed by atoms with Crippen molar-refractivity contribution >= 4 is 40.6 Å². The minimum absolute atomic E-state index is 0.0523. The van der Waals surface area contributed by atoms with Crippen LogP contribution < -0.4 is 9.88 Å². The van der Waals surface area contributed by atoms with Crippen LogP contribution in [0.1, 0.15) is 0 Å². The standard InChI is InChI=1S/C18H17N3OS/c1-3-20-13-21(16-10-6-5-9-15(16)20)12-18(22)19-14-8-4-7-11-17(14)23-2/h3-11,13H,1,12H2,2H3/p+1. The fourth-order valence-electron chi connectivity index (χ4n) is 2.56.